The van der Waals surface area contributed by atoms with Crippen molar-refractivity contribution in [2.24, 2.45) is 0 Å². The molecule has 1 N–H and O–H groups in total. The zero-order chi connectivity index (χ0) is 10.7. The van der Waals surface area contributed by atoms with Gasteiger partial charge in [-0.15, -0.1) is 22.7 Å². The predicted molar refractivity (Wildman–Crippen MR) is 67.8 cm³/mol. The highest BCUT2D eigenvalue weighted by Gasteiger charge is 2.07. The first-order valence-electron chi connectivity index (χ1n) is 4.94. The van der Waals surface area contributed by atoms with Crippen LogP contribution in [0.3, 0.4) is 0 Å². The van der Waals surface area contributed by atoms with Crippen molar-refractivity contribution in [3.63, 3.8) is 0 Å². The Balaban J connectivity index is 2.17. The molecule has 0 aliphatic rings. The van der Waals surface area contributed by atoms with E-state index in [0.29, 0.717) is 0 Å². The Kier molecular flexibility index (Phi) is 3.51. The molecule has 80 valence electrons. The Labute approximate surface area is 98.0 Å². The SMILES string of the molecule is CNCCc1csc(-c2sccc2C)n1. The van der Waals surface area contributed by atoms with Crippen LogP contribution in [0.1, 0.15) is 11.3 Å². The molecule has 0 unspecified atom stereocenters. The van der Waals surface area contributed by atoms with E-state index >= 15 is 0 Å². The van der Waals surface area contributed by atoms with E-state index in [0.717, 1.165) is 18.0 Å². The summed E-state index contributed by atoms with van der Waals surface area (Å²) in [5.41, 5.74) is 2.52. The summed E-state index contributed by atoms with van der Waals surface area (Å²) in [5.74, 6) is 0. The van der Waals surface area contributed by atoms with E-state index in [1.807, 2.05) is 7.05 Å². The van der Waals surface area contributed by atoms with Crippen LogP contribution < -0.4 is 5.32 Å². The zero-order valence-corrected chi connectivity index (χ0v) is 10.5. The van der Waals surface area contributed by atoms with Gasteiger partial charge in [0.15, 0.2) is 0 Å². The number of likely N-dealkylation sites (N-methyl/N-ethyl adjacent to an activating group) is 1. The van der Waals surface area contributed by atoms with E-state index < -0.39 is 0 Å². The molecule has 0 aromatic carbocycles. The standard InChI is InChI=1S/C11H14N2S2/c1-8-4-6-14-10(8)11-13-9(7-15-11)3-5-12-2/h4,6-7,12H,3,5H2,1-2H3. The van der Waals surface area contributed by atoms with Crippen molar-refractivity contribution in [2.75, 3.05) is 13.6 Å². The van der Waals surface area contributed by atoms with Crippen molar-refractivity contribution in [3.8, 4) is 9.88 Å². The number of rotatable bonds is 4. The minimum Gasteiger partial charge on any atom is -0.319 e. The number of nitrogens with one attached hydrogen (secondary N) is 1. The van der Waals surface area contributed by atoms with Crippen LogP contribution in [-0.2, 0) is 6.42 Å². The van der Waals surface area contributed by atoms with Gasteiger partial charge in [0.05, 0.1) is 10.6 Å². The minimum absolute atomic E-state index is 0.993. The third-order valence-corrected chi connectivity index (χ3v) is 4.30. The van der Waals surface area contributed by atoms with Crippen molar-refractivity contribution >= 4 is 22.7 Å². The number of nitrogens with zero attached hydrogens (tertiary/aromatic N) is 1. The van der Waals surface area contributed by atoms with Crippen molar-refractivity contribution in [2.45, 2.75) is 13.3 Å². The summed E-state index contributed by atoms with van der Waals surface area (Å²) < 4.78 is 0. The Hall–Kier alpha value is -0.710. The van der Waals surface area contributed by atoms with Gasteiger partial charge in [-0.2, -0.15) is 0 Å². The maximum atomic E-state index is 4.64. The molecule has 15 heavy (non-hydrogen) atoms. The topological polar surface area (TPSA) is 24.9 Å². The second-order valence-corrected chi connectivity index (χ2v) is 5.20. The molecule has 2 heterocycles. The summed E-state index contributed by atoms with van der Waals surface area (Å²) >= 11 is 3.52. The molecule has 4 heteroatoms. The molecule has 0 saturated carbocycles. The summed E-state index contributed by atoms with van der Waals surface area (Å²) in [6.07, 6.45) is 1.01. The van der Waals surface area contributed by atoms with Gasteiger partial charge in [0.2, 0.25) is 0 Å². The van der Waals surface area contributed by atoms with Crippen molar-refractivity contribution in [1.82, 2.24) is 10.3 Å². The molecule has 0 radical (unpaired) electrons. The van der Waals surface area contributed by atoms with Gasteiger partial charge in [-0.1, -0.05) is 0 Å². The number of hydrogen-bond donors (Lipinski definition) is 1. The van der Waals surface area contributed by atoms with Crippen LogP contribution in [0, 0.1) is 6.92 Å². The van der Waals surface area contributed by atoms with Crippen LogP contribution in [0.2, 0.25) is 0 Å². The number of hydrogen-bond acceptors (Lipinski definition) is 4. The van der Waals surface area contributed by atoms with Crippen LogP contribution in [0.25, 0.3) is 9.88 Å². The van der Waals surface area contributed by atoms with Crippen molar-refractivity contribution in [1.29, 1.82) is 0 Å². The lowest BCUT2D eigenvalue weighted by atomic mass is 10.3. The van der Waals surface area contributed by atoms with Gasteiger partial charge in [-0.25, -0.2) is 4.98 Å². The van der Waals surface area contributed by atoms with E-state index in [1.54, 1.807) is 22.7 Å². The van der Waals surface area contributed by atoms with Gasteiger partial charge >= 0.3 is 0 Å². The quantitative estimate of drug-likeness (QED) is 0.886. The second-order valence-electron chi connectivity index (χ2n) is 3.43. The first-order valence-corrected chi connectivity index (χ1v) is 6.70. The predicted octanol–water partition coefficient (Wildman–Crippen LogP) is 2.94. The highest BCUT2D eigenvalue weighted by Crippen LogP contribution is 2.31. The molecule has 0 spiro atoms. The van der Waals surface area contributed by atoms with Crippen LogP contribution in [0.5, 0.6) is 0 Å². The molecule has 2 rings (SSSR count). The van der Waals surface area contributed by atoms with Gasteiger partial charge in [0.25, 0.3) is 0 Å². The van der Waals surface area contributed by atoms with Crippen molar-refractivity contribution in [3.05, 3.63) is 28.1 Å². The molecule has 0 atom stereocenters. The lowest BCUT2D eigenvalue weighted by Crippen LogP contribution is -2.10. The molecule has 2 aromatic heterocycles. The molecule has 0 bridgehead atoms. The molecule has 0 aliphatic heterocycles. The first kappa shape index (κ1) is 10.8. The Morgan fingerprint density at radius 2 is 2.27 bits per heavy atom. The van der Waals surface area contributed by atoms with Gasteiger partial charge in [0.1, 0.15) is 5.01 Å². The fourth-order valence-electron chi connectivity index (χ4n) is 1.37. The van der Waals surface area contributed by atoms with E-state index in [1.165, 1.54) is 16.1 Å². The van der Waals surface area contributed by atoms with E-state index in [2.05, 4.69) is 34.1 Å². The molecular weight excluding hydrogens is 224 g/mol. The average Bonchev–Trinajstić information content (AvgIpc) is 2.83. The number of aromatic nitrogens is 1. The molecule has 0 fully saturated rings. The number of thiophene rings is 1. The summed E-state index contributed by atoms with van der Waals surface area (Å²) in [7, 11) is 1.97. The van der Waals surface area contributed by atoms with Gasteiger partial charge in [-0.3, -0.25) is 0 Å². The lowest BCUT2D eigenvalue weighted by molar-refractivity contribution is 0.780. The van der Waals surface area contributed by atoms with Crippen LogP contribution in [-0.4, -0.2) is 18.6 Å². The van der Waals surface area contributed by atoms with E-state index in [-0.39, 0.29) is 0 Å². The highest BCUT2D eigenvalue weighted by molar-refractivity contribution is 7.20. The van der Waals surface area contributed by atoms with Gasteiger partial charge in [-0.05, 0) is 31.0 Å². The van der Waals surface area contributed by atoms with Crippen molar-refractivity contribution < 1.29 is 0 Å². The van der Waals surface area contributed by atoms with E-state index in [9.17, 15) is 0 Å². The minimum atomic E-state index is 0.993. The fourth-order valence-corrected chi connectivity index (χ4v) is 3.32. The Morgan fingerprint density at radius 1 is 1.40 bits per heavy atom. The fraction of sp³-hybridized carbons (Fsp3) is 0.364. The summed E-state index contributed by atoms with van der Waals surface area (Å²) in [5, 5.41) is 8.58. The average molecular weight is 238 g/mol. The number of thiazole rings is 1. The highest BCUT2D eigenvalue weighted by atomic mass is 32.1. The van der Waals surface area contributed by atoms with Gasteiger partial charge in [0, 0.05) is 18.3 Å². The third kappa shape index (κ3) is 2.45. The molecule has 0 amide bonds. The summed E-state index contributed by atoms with van der Waals surface area (Å²) in [4.78, 5) is 5.96. The zero-order valence-electron chi connectivity index (χ0n) is 8.91. The smallest absolute Gasteiger partial charge is 0.133 e. The Morgan fingerprint density at radius 3 is 2.93 bits per heavy atom. The monoisotopic (exact) mass is 238 g/mol. The number of aryl methyl sites for hydroxylation is 1. The first-order chi connectivity index (χ1) is 7.31. The molecular formula is C11H14N2S2. The Bertz CT molecular complexity index is 431. The molecule has 0 saturated heterocycles. The van der Waals surface area contributed by atoms with Crippen LogP contribution >= 0.6 is 22.7 Å². The summed E-state index contributed by atoms with van der Waals surface area (Å²) in [6, 6.07) is 2.15. The van der Waals surface area contributed by atoms with Crippen LogP contribution in [0.15, 0.2) is 16.8 Å². The largest absolute Gasteiger partial charge is 0.319 e. The third-order valence-electron chi connectivity index (χ3n) is 2.24. The lowest BCUT2D eigenvalue weighted by Gasteiger charge is -1.94. The van der Waals surface area contributed by atoms with Gasteiger partial charge < -0.3 is 5.32 Å². The van der Waals surface area contributed by atoms with Crippen LogP contribution in [0.4, 0.5) is 0 Å². The van der Waals surface area contributed by atoms with E-state index in [4.69, 9.17) is 0 Å². The molecule has 0 aliphatic carbocycles. The molecule has 2 aromatic rings. The maximum Gasteiger partial charge on any atom is 0.133 e. The second kappa shape index (κ2) is 4.88. The normalized spacial score (nSPS) is 10.8. The molecule has 2 nitrogen and oxygen atoms in total. The maximum absolute atomic E-state index is 4.64. The summed E-state index contributed by atoms with van der Waals surface area (Å²) in [6.45, 7) is 3.13.